The van der Waals surface area contributed by atoms with E-state index in [-0.39, 0.29) is 19.1 Å². The van der Waals surface area contributed by atoms with Crippen LogP contribution in [0, 0.1) is 0 Å². The van der Waals surface area contributed by atoms with Crippen LogP contribution < -0.4 is 25.5 Å². The summed E-state index contributed by atoms with van der Waals surface area (Å²) in [7, 11) is 1.46. The Hall–Kier alpha value is -4.60. The van der Waals surface area contributed by atoms with Gasteiger partial charge in [-0.3, -0.25) is 14.4 Å². The number of carbonyl (C=O) groups is 3. The number of para-hydroxylation sites is 2. The summed E-state index contributed by atoms with van der Waals surface area (Å²) in [6, 6.07) is 16.9. The maximum absolute atomic E-state index is 12.0. The Morgan fingerprint density at radius 2 is 1.79 bits per heavy atom. The average molecular weight is 450 g/mol. The molecule has 33 heavy (non-hydrogen) atoms. The van der Waals surface area contributed by atoms with Gasteiger partial charge in [0, 0.05) is 0 Å². The van der Waals surface area contributed by atoms with Gasteiger partial charge in [-0.15, -0.1) is 0 Å². The van der Waals surface area contributed by atoms with E-state index in [0.717, 1.165) is 0 Å². The van der Waals surface area contributed by atoms with E-state index in [1.165, 1.54) is 19.6 Å². The maximum atomic E-state index is 12.0. The molecular formula is C23H22N4O6. The predicted molar refractivity (Wildman–Crippen MR) is 120 cm³/mol. The number of ether oxygens (including phenoxy) is 2. The van der Waals surface area contributed by atoms with E-state index in [4.69, 9.17) is 13.9 Å². The molecule has 0 bridgehead atoms. The molecule has 3 amide bonds. The van der Waals surface area contributed by atoms with Crippen LogP contribution in [-0.2, 0) is 20.9 Å². The molecule has 0 radical (unpaired) electrons. The molecule has 0 aliphatic carbocycles. The molecule has 1 heterocycles. The summed E-state index contributed by atoms with van der Waals surface area (Å²) in [5, 5.41) is 8.90. The van der Waals surface area contributed by atoms with E-state index in [0.29, 0.717) is 28.5 Å². The van der Waals surface area contributed by atoms with Gasteiger partial charge >= 0.3 is 11.8 Å². The van der Waals surface area contributed by atoms with Crippen LogP contribution in [0.3, 0.4) is 0 Å². The van der Waals surface area contributed by atoms with Crippen LogP contribution in [0.25, 0.3) is 0 Å². The molecule has 0 aliphatic heterocycles. The number of nitrogens with zero attached hydrogens (tertiary/aromatic N) is 1. The standard InChI is InChI=1S/C23H22N4O6/c1-31-20-7-3-2-6-19(20)26-22(29)23(30)27-25-13-16-8-10-17(11-9-16)33-15-21(28)24-14-18-5-4-12-32-18/h2-13H,14-15H2,1H3,(H,24,28)(H,26,29)(H,27,30)/b25-13-. The summed E-state index contributed by atoms with van der Waals surface area (Å²) in [6.45, 7) is 0.138. The number of furan rings is 1. The van der Waals surface area contributed by atoms with Gasteiger partial charge in [0.2, 0.25) is 0 Å². The minimum Gasteiger partial charge on any atom is -0.495 e. The second kappa shape index (κ2) is 11.7. The Balaban J connectivity index is 1.41. The minimum atomic E-state index is -0.933. The van der Waals surface area contributed by atoms with Crippen molar-refractivity contribution in [2.24, 2.45) is 5.10 Å². The zero-order valence-electron chi connectivity index (χ0n) is 17.7. The first-order valence-corrected chi connectivity index (χ1v) is 9.84. The van der Waals surface area contributed by atoms with Crippen LogP contribution in [-0.4, -0.2) is 37.7 Å². The lowest BCUT2D eigenvalue weighted by atomic mass is 10.2. The highest BCUT2D eigenvalue weighted by Crippen LogP contribution is 2.22. The number of benzene rings is 2. The highest BCUT2D eigenvalue weighted by atomic mass is 16.5. The third-order valence-electron chi connectivity index (χ3n) is 4.23. The summed E-state index contributed by atoms with van der Waals surface area (Å²) >= 11 is 0. The molecule has 0 aliphatic rings. The van der Waals surface area contributed by atoms with Gasteiger partial charge in [0.1, 0.15) is 17.3 Å². The van der Waals surface area contributed by atoms with Crippen LogP contribution >= 0.6 is 0 Å². The summed E-state index contributed by atoms with van der Waals surface area (Å²) in [5.41, 5.74) is 3.17. The van der Waals surface area contributed by atoms with Gasteiger partial charge in [0.15, 0.2) is 6.61 Å². The van der Waals surface area contributed by atoms with E-state index < -0.39 is 11.8 Å². The second-order valence-corrected chi connectivity index (χ2v) is 6.57. The number of hydrazone groups is 1. The highest BCUT2D eigenvalue weighted by Gasteiger charge is 2.14. The predicted octanol–water partition coefficient (Wildman–Crippen LogP) is 2.07. The Bertz CT molecular complexity index is 1110. The number of carbonyl (C=O) groups excluding carboxylic acids is 3. The number of anilines is 1. The van der Waals surface area contributed by atoms with Crippen LogP contribution in [0.4, 0.5) is 5.69 Å². The van der Waals surface area contributed by atoms with Crippen LogP contribution in [0.5, 0.6) is 11.5 Å². The lowest BCUT2D eigenvalue weighted by Gasteiger charge is -2.08. The molecule has 10 heteroatoms. The highest BCUT2D eigenvalue weighted by molar-refractivity contribution is 6.39. The van der Waals surface area contributed by atoms with Crippen molar-refractivity contribution in [1.29, 1.82) is 0 Å². The average Bonchev–Trinajstić information content (AvgIpc) is 3.36. The van der Waals surface area contributed by atoms with E-state index in [1.54, 1.807) is 60.7 Å². The zero-order chi connectivity index (χ0) is 23.5. The number of methoxy groups -OCH3 is 1. The molecule has 3 N–H and O–H groups in total. The van der Waals surface area contributed by atoms with Crippen LogP contribution in [0.1, 0.15) is 11.3 Å². The molecule has 0 spiro atoms. The third kappa shape index (κ3) is 7.24. The number of amides is 3. The number of hydrogen-bond acceptors (Lipinski definition) is 7. The molecule has 10 nitrogen and oxygen atoms in total. The normalized spacial score (nSPS) is 10.5. The summed E-state index contributed by atoms with van der Waals surface area (Å²) in [6.07, 6.45) is 2.90. The van der Waals surface area contributed by atoms with Gasteiger partial charge in [0.05, 0.1) is 31.8 Å². The van der Waals surface area contributed by atoms with Gasteiger partial charge in [-0.1, -0.05) is 12.1 Å². The molecule has 3 aromatic rings. The lowest BCUT2D eigenvalue weighted by Crippen LogP contribution is -2.32. The van der Waals surface area contributed by atoms with Crippen molar-refractivity contribution in [3.8, 4) is 11.5 Å². The quantitative estimate of drug-likeness (QED) is 0.260. The molecule has 170 valence electrons. The van der Waals surface area contributed by atoms with E-state index >= 15 is 0 Å². The largest absolute Gasteiger partial charge is 0.495 e. The van der Waals surface area contributed by atoms with Gasteiger partial charge in [-0.05, 0) is 54.1 Å². The van der Waals surface area contributed by atoms with E-state index in [1.807, 2.05) is 0 Å². The summed E-state index contributed by atoms with van der Waals surface area (Å²) < 4.78 is 15.7. The first-order valence-electron chi connectivity index (χ1n) is 9.84. The summed E-state index contributed by atoms with van der Waals surface area (Å²) in [5.74, 6) is -0.536. The van der Waals surface area contributed by atoms with Crippen LogP contribution in [0.15, 0.2) is 76.4 Å². The first kappa shape index (κ1) is 23.1. The molecule has 1 aromatic heterocycles. The zero-order valence-corrected chi connectivity index (χ0v) is 17.7. The SMILES string of the molecule is COc1ccccc1NC(=O)C(=O)N/N=C\c1ccc(OCC(=O)NCc2ccco2)cc1. The van der Waals surface area contributed by atoms with Gasteiger partial charge in [-0.25, -0.2) is 5.43 Å². The van der Waals surface area contributed by atoms with Crippen molar-refractivity contribution in [3.05, 3.63) is 78.3 Å². The van der Waals surface area contributed by atoms with Crippen molar-refractivity contribution >= 4 is 29.6 Å². The molecule has 0 fully saturated rings. The molecule has 0 saturated heterocycles. The number of rotatable bonds is 9. The Labute approximate surface area is 189 Å². The molecule has 2 aromatic carbocycles. The number of hydrogen-bond donors (Lipinski definition) is 3. The molecule has 0 saturated carbocycles. The van der Waals surface area contributed by atoms with Gasteiger partial charge in [-0.2, -0.15) is 5.10 Å². The lowest BCUT2D eigenvalue weighted by molar-refractivity contribution is -0.136. The van der Waals surface area contributed by atoms with Crippen LogP contribution in [0.2, 0.25) is 0 Å². The topological polar surface area (TPSA) is 131 Å². The fourth-order valence-electron chi connectivity index (χ4n) is 2.59. The van der Waals surface area contributed by atoms with Gasteiger partial charge < -0.3 is 24.5 Å². The Morgan fingerprint density at radius 1 is 1.00 bits per heavy atom. The monoisotopic (exact) mass is 450 g/mol. The van der Waals surface area contributed by atoms with Crippen molar-refractivity contribution in [3.63, 3.8) is 0 Å². The Morgan fingerprint density at radius 3 is 2.52 bits per heavy atom. The molecule has 3 rings (SSSR count). The van der Waals surface area contributed by atoms with Crippen molar-refractivity contribution in [1.82, 2.24) is 10.7 Å². The molecule has 0 unspecified atom stereocenters. The van der Waals surface area contributed by atoms with Gasteiger partial charge in [0.25, 0.3) is 5.91 Å². The van der Waals surface area contributed by atoms with Crippen molar-refractivity contribution in [2.45, 2.75) is 6.54 Å². The Kier molecular flexibility index (Phi) is 8.18. The fourth-order valence-corrected chi connectivity index (χ4v) is 2.59. The second-order valence-electron chi connectivity index (χ2n) is 6.57. The fraction of sp³-hybridized carbons (Fsp3) is 0.130. The number of nitrogens with one attached hydrogen (secondary N) is 3. The molecule has 0 atom stereocenters. The minimum absolute atomic E-state index is 0.147. The first-order chi connectivity index (χ1) is 16.0. The summed E-state index contributed by atoms with van der Waals surface area (Å²) in [4.78, 5) is 35.7. The molecular weight excluding hydrogens is 428 g/mol. The van der Waals surface area contributed by atoms with E-state index in [2.05, 4.69) is 21.2 Å². The smallest absolute Gasteiger partial charge is 0.329 e. The van der Waals surface area contributed by atoms with Crippen molar-refractivity contribution in [2.75, 3.05) is 19.0 Å². The third-order valence-corrected chi connectivity index (χ3v) is 4.23. The maximum Gasteiger partial charge on any atom is 0.329 e. The van der Waals surface area contributed by atoms with E-state index in [9.17, 15) is 14.4 Å². The van der Waals surface area contributed by atoms with Crippen molar-refractivity contribution < 1.29 is 28.3 Å².